The molecule has 0 aliphatic carbocycles. The van der Waals surface area contributed by atoms with E-state index >= 15 is 0 Å². The van der Waals surface area contributed by atoms with Gasteiger partial charge in [0.05, 0.1) is 0 Å². The number of hydrogen-bond acceptors (Lipinski definition) is 1. The van der Waals surface area contributed by atoms with Crippen molar-refractivity contribution in [2.45, 2.75) is 6.42 Å². The second kappa shape index (κ2) is 3.53. The van der Waals surface area contributed by atoms with Crippen molar-refractivity contribution in [2.24, 2.45) is 0 Å². The van der Waals surface area contributed by atoms with Crippen molar-refractivity contribution in [1.29, 1.82) is 0 Å². The number of benzene rings is 1. The number of rotatable bonds is 2. The molecule has 0 aliphatic heterocycles. The summed E-state index contributed by atoms with van der Waals surface area (Å²) in [6.07, 6.45) is 0.166. The van der Waals surface area contributed by atoms with Crippen LogP contribution in [0.1, 0.15) is 5.56 Å². The standard InChI is InChI=1S/C8H5F2S/c9-7-3-1-2-6(4-5-11)8(7)10/h1-3H,4H2. The van der Waals surface area contributed by atoms with E-state index in [1.54, 1.807) is 0 Å². The van der Waals surface area contributed by atoms with Crippen molar-refractivity contribution in [3.8, 4) is 0 Å². The van der Waals surface area contributed by atoms with Crippen LogP contribution in [-0.4, -0.2) is 5.37 Å². The van der Waals surface area contributed by atoms with Crippen LogP contribution in [0.25, 0.3) is 0 Å². The van der Waals surface area contributed by atoms with E-state index in [4.69, 9.17) is 0 Å². The molecule has 0 spiro atoms. The first kappa shape index (κ1) is 8.27. The average Bonchev–Trinajstić information content (AvgIpc) is 1.99. The van der Waals surface area contributed by atoms with Gasteiger partial charge in [-0.1, -0.05) is 24.4 Å². The molecule has 1 rings (SSSR count). The summed E-state index contributed by atoms with van der Waals surface area (Å²) < 4.78 is 25.2. The molecule has 0 amide bonds. The highest BCUT2D eigenvalue weighted by Gasteiger charge is 2.04. The maximum Gasteiger partial charge on any atom is 0.162 e. The fraction of sp³-hybridized carbons (Fsp3) is 0.125. The maximum atomic E-state index is 12.7. The Morgan fingerprint density at radius 3 is 2.73 bits per heavy atom. The number of halogens is 2. The van der Waals surface area contributed by atoms with Gasteiger partial charge in [-0.3, -0.25) is 0 Å². The molecule has 0 saturated carbocycles. The summed E-state index contributed by atoms with van der Waals surface area (Å²) in [4.78, 5) is 0. The number of thiocarbonyl (C=S) groups is 1. The molecule has 0 bridgehead atoms. The molecular formula is C8H5F2S. The smallest absolute Gasteiger partial charge is 0.162 e. The first-order valence-electron chi connectivity index (χ1n) is 3.03. The first-order valence-corrected chi connectivity index (χ1v) is 3.44. The van der Waals surface area contributed by atoms with Gasteiger partial charge in [-0.25, -0.2) is 8.78 Å². The fourth-order valence-electron chi connectivity index (χ4n) is 0.763. The van der Waals surface area contributed by atoms with Crippen LogP contribution in [0.15, 0.2) is 18.2 Å². The van der Waals surface area contributed by atoms with Crippen molar-refractivity contribution in [2.75, 3.05) is 0 Å². The van der Waals surface area contributed by atoms with Crippen LogP contribution in [0.2, 0.25) is 0 Å². The third kappa shape index (κ3) is 1.80. The highest BCUT2D eigenvalue weighted by molar-refractivity contribution is 7.78. The molecule has 0 aromatic heterocycles. The van der Waals surface area contributed by atoms with Crippen LogP contribution < -0.4 is 0 Å². The summed E-state index contributed by atoms with van der Waals surface area (Å²) in [5.41, 5.74) is 0.250. The molecule has 0 fully saturated rings. The SMILES string of the molecule is Fc1cccc(C[C]=S)c1F. The molecule has 0 heterocycles. The Balaban J connectivity index is 3.05. The Labute approximate surface area is 68.9 Å². The molecule has 11 heavy (non-hydrogen) atoms. The highest BCUT2D eigenvalue weighted by Crippen LogP contribution is 2.10. The van der Waals surface area contributed by atoms with E-state index in [0.29, 0.717) is 0 Å². The van der Waals surface area contributed by atoms with E-state index < -0.39 is 11.6 Å². The van der Waals surface area contributed by atoms with Crippen LogP contribution in [0.5, 0.6) is 0 Å². The quantitative estimate of drug-likeness (QED) is 0.615. The lowest BCUT2D eigenvalue weighted by atomic mass is 10.1. The largest absolute Gasteiger partial charge is 0.204 e. The predicted molar refractivity (Wildman–Crippen MR) is 42.7 cm³/mol. The zero-order valence-corrected chi connectivity index (χ0v) is 6.42. The normalized spacial score (nSPS) is 9.64. The van der Waals surface area contributed by atoms with Gasteiger partial charge in [0.15, 0.2) is 11.6 Å². The molecule has 0 nitrogen and oxygen atoms in total. The molecule has 0 unspecified atom stereocenters. The van der Waals surface area contributed by atoms with Gasteiger partial charge in [0.25, 0.3) is 0 Å². The maximum absolute atomic E-state index is 12.7. The van der Waals surface area contributed by atoms with E-state index in [0.717, 1.165) is 6.07 Å². The molecule has 1 aromatic carbocycles. The zero-order valence-electron chi connectivity index (χ0n) is 5.60. The topological polar surface area (TPSA) is 0 Å². The van der Waals surface area contributed by atoms with Crippen LogP contribution in [-0.2, 0) is 6.42 Å². The van der Waals surface area contributed by atoms with Gasteiger partial charge in [-0.15, -0.1) is 0 Å². The molecule has 3 heteroatoms. The summed E-state index contributed by atoms with van der Waals surface area (Å²) in [5.74, 6) is -1.67. The lowest BCUT2D eigenvalue weighted by Crippen LogP contribution is -1.93. The van der Waals surface area contributed by atoms with Crippen molar-refractivity contribution >= 4 is 17.6 Å². The Kier molecular flexibility index (Phi) is 2.65. The van der Waals surface area contributed by atoms with Gasteiger partial charge in [-0.2, -0.15) is 0 Å². The van der Waals surface area contributed by atoms with E-state index in [9.17, 15) is 8.78 Å². The van der Waals surface area contributed by atoms with Gasteiger partial charge in [0.2, 0.25) is 0 Å². The lowest BCUT2D eigenvalue weighted by molar-refractivity contribution is 0.502. The highest BCUT2D eigenvalue weighted by atomic mass is 32.1. The summed E-state index contributed by atoms with van der Waals surface area (Å²) >= 11 is 4.40. The third-order valence-corrected chi connectivity index (χ3v) is 1.44. The Morgan fingerprint density at radius 2 is 2.09 bits per heavy atom. The Morgan fingerprint density at radius 1 is 1.36 bits per heavy atom. The van der Waals surface area contributed by atoms with E-state index in [2.05, 4.69) is 17.6 Å². The fourth-order valence-corrected chi connectivity index (χ4v) is 0.918. The molecule has 1 radical (unpaired) electrons. The van der Waals surface area contributed by atoms with Crippen LogP contribution >= 0.6 is 12.2 Å². The minimum Gasteiger partial charge on any atom is -0.204 e. The number of hydrogen-bond donors (Lipinski definition) is 0. The van der Waals surface area contributed by atoms with Crippen LogP contribution in [0, 0.1) is 11.6 Å². The van der Waals surface area contributed by atoms with E-state index in [1.165, 1.54) is 12.1 Å². The Bertz CT molecular complexity index is 271. The molecule has 0 saturated heterocycles. The second-order valence-electron chi connectivity index (χ2n) is 2.03. The summed E-state index contributed by atoms with van der Waals surface area (Å²) in [6.45, 7) is 0. The third-order valence-electron chi connectivity index (χ3n) is 1.29. The van der Waals surface area contributed by atoms with E-state index in [-0.39, 0.29) is 12.0 Å². The molecule has 0 N–H and O–H groups in total. The minimum atomic E-state index is -0.840. The zero-order chi connectivity index (χ0) is 8.27. The van der Waals surface area contributed by atoms with Gasteiger partial charge in [0, 0.05) is 11.8 Å². The first-order chi connectivity index (χ1) is 5.25. The minimum absolute atomic E-state index is 0.166. The average molecular weight is 171 g/mol. The van der Waals surface area contributed by atoms with Crippen molar-refractivity contribution in [1.82, 2.24) is 0 Å². The van der Waals surface area contributed by atoms with Gasteiger partial charge in [0.1, 0.15) is 0 Å². The van der Waals surface area contributed by atoms with Gasteiger partial charge in [-0.05, 0) is 11.6 Å². The summed E-state index contributed by atoms with van der Waals surface area (Å²) in [5, 5.41) is 2.33. The van der Waals surface area contributed by atoms with Crippen molar-refractivity contribution in [3.63, 3.8) is 0 Å². The van der Waals surface area contributed by atoms with Crippen molar-refractivity contribution in [3.05, 3.63) is 35.4 Å². The summed E-state index contributed by atoms with van der Waals surface area (Å²) in [7, 11) is 0. The van der Waals surface area contributed by atoms with Crippen LogP contribution in [0.4, 0.5) is 8.78 Å². The van der Waals surface area contributed by atoms with Crippen LogP contribution in [0.3, 0.4) is 0 Å². The Hall–Kier alpha value is -0.830. The van der Waals surface area contributed by atoms with E-state index in [1.807, 2.05) is 0 Å². The predicted octanol–water partition coefficient (Wildman–Crippen LogP) is 2.38. The monoisotopic (exact) mass is 171 g/mol. The summed E-state index contributed by atoms with van der Waals surface area (Å²) in [6, 6.07) is 4.00. The molecule has 0 atom stereocenters. The molecule has 0 aliphatic rings. The molecule has 1 aromatic rings. The van der Waals surface area contributed by atoms with Gasteiger partial charge >= 0.3 is 0 Å². The second-order valence-corrected chi connectivity index (χ2v) is 2.32. The van der Waals surface area contributed by atoms with Crippen molar-refractivity contribution < 1.29 is 8.78 Å². The lowest BCUT2D eigenvalue weighted by Gasteiger charge is -1.97. The molecular weight excluding hydrogens is 166 g/mol. The molecule has 57 valence electrons. The van der Waals surface area contributed by atoms with Gasteiger partial charge < -0.3 is 0 Å².